The zero-order valence-corrected chi connectivity index (χ0v) is 24.1. The summed E-state index contributed by atoms with van der Waals surface area (Å²) in [5, 5.41) is 34.7. The van der Waals surface area contributed by atoms with Crippen LogP contribution in [-0.4, -0.2) is 86.1 Å². The second-order valence-corrected chi connectivity index (χ2v) is 10.7. The summed E-state index contributed by atoms with van der Waals surface area (Å²) in [5.74, 6) is 0. The molecule has 1 aromatic heterocycles. The van der Waals surface area contributed by atoms with Gasteiger partial charge < -0.3 is 24.4 Å². The molecule has 0 amide bonds. The molecular formula is C25H45N9O5. The van der Waals surface area contributed by atoms with Gasteiger partial charge in [0, 0.05) is 16.0 Å². The highest BCUT2D eigenvalue weighted by Crippen LogP contribution is 2.29. The molecule has 1 aromatic rings. The Balaban J connectivity index is 0.000000207. The molecule has 3 saturated heterocycles. The number of azide groups is 2. The fourth-order valence-electron chi connectivity index (χ4n) is 5.14. The Hall–Kier alpha value is -2.44. The highest BCUT2D eigenvalue weighted by Gasteiger charge is 2.35. The van der Waals surface area contributed by atoms with Crippen molar-refractivity contribution >= 4 is 0 Å². The number of aryl methyl sites for hydroxylation is 1. The fraction of sp³-hybridized carbons (Fsp3) is 0.920. The first-order chi connectivity index (χ1) is 18.5. The van der Waals surface area contributed by atoms with Crippen LogP contribution >= 0.6 is 0 Å². The van der Waals surface area contributed by atoms with E-state index in [1.54, 1.807) is 11.6 Å². The molecule has 3 aliphatic heterocycles. The van der Waals surface area contributed by atoms with Gasteiger partial charge in [-0.2, -0.15) is 0 Å². The molecule has 4 heterocycles. The first-order valence-electron chi connectivity index (χ1n) is 13.8. The van der Waals surface area contributed by atoms with E-state index in [2.05, 4.69) is 37.3 Å². The van der Waals surface area contributed by atoms with Crippen molar-refractivity contribution in [2.24, 2.45) is 10.2 Å². The number of aliphatic hydroxyl groups is 2. The smallest absolute Gasteiger partial charge is 0.102 e. The van der Waals surface area contributed by atoms with Crippen LogP contribution in [0.3, 0.4) is 0 Å². The predicted octanol–water partition coefficient (Wildman–Crippen LogP) is 4.55. The Kier molecular flexibility index (Phi) is 13.4. The summed E-state index contributed by atoms with van der Waals surface area (Å²) in [6.45, 7) is 13.6. The molecule has 0 radical (unpaired) electrons. The van der Waals surface area contributed by atoms with Crippen molar-refractivity contribution in [3.63, 3.8) is 0 Å². The molecular weight excluding hydrogens is 506 g/mol. The van der Waals surface area contributed by atoms with E-state index >= 15 is 0 Å². The van der Waals surface area contributed by atoms with Crippen LogP contribution in [0.1, 0.15) is 85.4 Å². The van der Waals surface area contributed by atoms with Gasteiger partial charge in [-0.15, -0.1) is 5.10 Å². The van der Waals surface area contributed by atoms with Gasteiger partial charge in [0.25, 0.3) is 0 Å². The minimum absolute atomic E-state index is 0.0232. The van der Waals surface area contributed by atoms with E-state index in [9.17, 15) is 10.2 Å². The Bertz CT molecular complexity index is 967. The molecule has 2 N–H and O–H groups in total. The molecule has 0 saturated carbocycles. The number of hydrogen-bond donors (Lipinski definition) is 2. The lowest BCUT2D eigenvalue weighted by molar-refractivity contribution is -0.128. The van der Waals surface area contributed by atoms with Crippen LogP contribution in [0.15, 0.2) is 16.4 Å². The maximum Gasteiger partial charge on any atom is 0.102 e. The van der Waals surface area contributed by atoms with Crippen LogP contribution in [0.2, 0.25) is 0 Å². The summed E-state index contributed by atoms with van der Waals surface area (Å²) < 4.78 is 18.3. The van der Waals surface area contributed by atoms with E-state index in [1.165, 1.54) is 0 Å². The number of nitrogens with zero attached hydrogens (tertiary/aromatic N) is 9. The van der Waals surface area contributed by atoms with Gasteiger partial charge in [-0.25, -0.2) is 4.68 Å². The maximum absolute atomic E-state index is 10.0. The van der Waals surface area contributed by atoms with Crippen LogP contribution in [0.25, 0.3) is 20.9 Å². The Morgan fingerprint density at radius 3 is 2.03 bits per heavy atom. The molecule has 14 heteroatoms. The van der Waals surface area contributed by atoms with Gasteiger partial charge in [0.15, 0.2) is 0 Å². The fourth-order valence-corrected chi connectivity index (χ4v) is 5.14. The average Bonchev–Trinajstić information content (AvgIpc) is 3.32. The monoisotopic (exact) mass is 551 g/mol. The molecule has 11 unspecified atom stereocenters. The molecule has 0 aromatic carbocycles. The lowest BCUT2D eigenvalue weighted by atomic mass is 9.97. The van der Waals surface area contributed by atoms with Gasteiger partial charge in [0.1, 0.15) is 6.10 Å². The predicted molar refractivity (Wildman–Crippen MR) is 145 cm³/mol. The third-order valence-corrected chi connectivity index (χ3v) is 7.34. The summed E-state index contributed by atoms with van der Waals surface area (Å²) in [7, 11) is 0. The molecule has 11 atom stereocenters. The molecule has 220 valence electrons. The minimum atomic E-state index is -0.669. The molecule has 0 spiro atoms. The largest absolute Gasteiger partial charge is 0.390 e. The van der Waals surface area contributed by atoms with Gasteiger partial charge in [-0.05, 0) is 84.7 Å². The van der Waals surface area contributed by atoms with E-state index in [1.807, 2.05) is 40.8 Å². The molecule has 14 nitrogen and oxygen atoms in total. The van der Waals surface area contributed by atoms with Crippen LogP contribution in [0.4, 0.5) is 0 Å². The quantitative estimate of drug-likeness (QED) is 0.311. The SMILES string of the molecule is CC1CC(N=[N+]=[N-])C(O)C(C)O1.CCC1CCC(N=[N+]=[N-])C(C)O1.Cc1cn(C2CC(C)OC(C)C2O)nn1. The van der Waals surface area contributed by atoms with Crippen molar-refractivity contribution < 1.29 is 24.4 Å². The van der Waals surface area contributed by atoms with E-state index < -0.39 is 12.2 Å². The number of hydrogen-bond acceptors (Lipinski definition) is 9. The Morgan fingerprint density at radius 2 is 1.49 bits per heavy atom. The summed E-state index contributed by atoms with van der Waals surface area (Å²) in [6, 6.07) is -0.323. The normalized spacial score (nSPS) is 38.0. The van der Waals surface area contributed by atoms with Gasteiger partial charge in [-0.1, -0.05) is 22.4 Å². The molecule has 39 heavy (non-hydrogen) atoms. The minimum Gasteiger partial charge on any atom is -0.390 e. The first kappa shape index (κ1) is 32.8. The second kappa shape index (κ2) is 16.0. The summed E-state index contributed by atoms with van der Waals surface area (Å²) in [4.78, 5) is 5.49. The van der Waals surface area contributed by atoms with Crippen molar-refractivity contribution in [1.29, 1.82) is 0 Å². The molecule has 3 aliphatic rings. The van der Waals surface area contributed by atoms with Gasteiger partial charge >= 0.3 is 0 Å². The summed E-state index contributed by atoms with van der Waals surface area (Å²) in [5.41, 5.74) is 17.3. The highest BCUT2D eigenvalue weighted by atomic mass is 16.5. The van der Waals surface area contributed by atoms with E-state index in [0.29, 0.717) is 12.5 Å². The summed E-state index contributed by atoms with van der Waals surface area (Å²) >= 11 is 0. The zero-order chi connectivity index (χ0) is 29.1. The number of ether oxygens (including phenoxy) is 3. The van der Waals surface area contributed by atoms with Crippen LogP contribution in [-0.2, 0) is 14.2 Å². The van der Waals surface area contributed by atoms with Crippen molar-refractivity contribution in [2.45, 2.75) is 148 Å². The molecule has 0 aliphatic carbocycles. The maximum atomic E-state index is 10.0. The Labute approximate surface area is 230 Å². The second-order valence-electron chi connectivity index (χ2n) is 10.7. The van der Waals surface area contributed by atoms with Crippen molar-refractivity contribution in [1.82, 2.24) is 15.0 Å². The van der Waals surface area contributed by atoms with Crippen molar-refractivity contribution in [3.05, 3.63) is 32.8 Å². The van der Waals surface area contributed by atoms with Gasteiger partial charge in [-0.3, -0.25) is 0 Å². The standard InChI is InChI=1S/C10H17N3O2.C8H15N3O.C7H13N3O2/c1-6-5-13(12-11-6)9-4-7(2)15-8(3)10(9)14;1-3-7-4-5-8(10-11-9)6(2)12-7;1-4-3-6(9-10-8)7(11)5(2)12-4/h5,7-10,14H,4H2,1-3H3;6-8H,3-5H2,1-2H3;4-7,11H,3H2,1-2H3. The van der Waals surface area contributed by atoms with Crippen molar-refractivity contribution in [3.8, 4) is 0 Å². The van der Waals surface area contributed by atoms with Gasteiger partial charge in [0.2, 0.25) is 0 Å². The average molecular weight is 552 g/mol. The number of aliphatic hydroxyl groups excluding tert-OH is 2. The van der Waals surface area contributed by atoms with Crippen molar-refractivity contribution in [2.75, 3.05) is 0 Å². The zero-order valence-electron chi connectivity index (χ0n) is 24.1. The van der Waals surface area contributed by atoms with Crippen LogP contribution in [0, 0.1) is 6.92 Å². The van der Waals surface area contributed by atoms with Gasteiger partial charge in [0.05, 0.1) is 66.5 Å². The van der Waals surface area contributed by atoms with Crippen LogP contribution < -0.4 is 0 Å². The lowest BCUT2D eigenvalue weighted by Crippen LogP contribution is -2.44. The number of aromatic nitrogens is 3. The van der Waals surface area contributed by atoms with E-state index in [-0.39, 0.29) is 48.6 Å². The summed E-state index contributed by atoms with van der Waals surface area (Å²) in [6.07, 6.45) is 5.33. The molecule has 4 rings (SSSR count). The Morgan fingerprint density at radius 1 is 0.897 bits per heavy atom. The lowest BCUT2D eigenvalue weighted by Gasteiger charge is -2.36. The van der Waals surface area contributed by atoms with Crippen LogP contribution in [0.5, 0.6) is 0 Å². The third kappa shape index (κ3) is 9.91. The number of rotatable bonds is 4. The highest BCUT2D eigenvalue weighted by molar-refractivity contribution is 4.93. The topological polar surface area (TPSA) is 196 Å². The van der Waals surface area contributed by atoms with E-state index in [0.717, 1.165) is 31.4 Å². The first-order valence-corrected chi connectivity index (χ1v) is 13.8. The van der Waals surface area contributed by atoms with E-state index in [4.69, 9.17) is 25.3 Å². The third-order valence-electron chi connectivity index (χ3n) is 7.34. The molecule has 3 fully saturated rings. The molecule has 0 bridgehead atoms.